The third-order valence-corrected chi connectivity index (χ3v) is 2.79. The summed E-state index contributed by atoms with van der Waals surface area (Å²) in [6.45, 7) is 5.96. The van der Waals surface area contributed by atoms with Crippen molar-refractivity contribution in [2.45, 2.75) is 12.8 Å². The van der Waals surface area contributed by atoms with Crippen LogP contribution in [-0.4, -0.2) is 56.5 Å². The highest BCUT2D eigenvalue weighted by molar-refractivity contribution is 7.80. The first-order chi connectivity index (χ1) is 7.33. The zero-order valence-electron chi connectivity index (χ0n) is 9.42. The lowest BCUT2D eigenvalue weighted by Gasteiger charge is -2.16. The minimum absolute atomic E-state index is 0.688. The second-order valence-electron chi connectivity index (χ2n) is 3.72. The minimum atomic E-state index is 0.688. The van der Waals surface area contributed by atoms with Gasteiger partial charge < -0.3 is 20.3 Å². The highest BCUT2D eigenvalue weighted by Gasteiger charge is 2.10. The lowest BCUT2D eigenvalue weighted by atomic mass is 10.4. The van der Waals surface area contributed by atoms with Gasteiger partial charge in [0, 0.05) is 26.7 Å². The number of ether oxygens (including phenoxy) is 1. The molecular weight excluding hydrogens is 210 g/mol. The molecule has 0 aromatic rings. The van der Waals surface area contributed by atoms with E-state index in [0.717, 1.165) is 24.7 Å². The topological polar surface area (TPSA) is 36.5 Å². The van der Waals surface area contributed by atoms with Gasteiger partial charge in [0.2, 0.25) is 0 Å². The van der Waals surface area contributed by atoms with Crippen molar-refractivity contribution < 1.29 is 4.74 Å². The Morgan fingerprint density at radius 3 is 2.60 bits per heavy atom. The zero-order chi connectivity index (χ0) is 10.9. The van der Waals surface area contributed by atoms with E-state index in [0.29, 0.717) is 6.61 Å². The Labute approximate surface area is 97.3 Å². The van der Waals surface area contributed by atoms with Crippen LogP contribution in [0.2, 0.25) is 0 Å². The van der Waals surface area contributed by atoms with Gasteiger partial charge in [-0.1, -0.05) is 0 Å². The highest BCUT2D eigenvalue weighted by atomic mass is 32.1. The van der Waals surface area contributed by atoms with E-state index in [2.05, 4.69) is 15.5 Å². The van der Waals surface area contributed by atoms with E-state index in [9.17, 15) is 0 Å². The summed E-state index contributed by atoms with van der Waals surface area (Å²) in [5.74, 6) is 0. The van der Waals surface area contributed by atoms with Crippen molar-refractivity contribution in [2.75, 3.05) is 46.4 Å². The van der Waals surface area contributed by atoms with Gasteiger partial charge in [-0.15, -0.1) is 0 Å². The average molecular weight is 231 g/mol. The summed E-state index contributed by atoms with van der Waals surface area (Å²) in [4.78, 5) is 2.46. The molecule has 4 nitrogen and oxygen atoms in total. The molecular formula is C10H21N3OS. The van der Waals surface area contributed by atoms with Crippen molar-refractivity contribution in [3.8, 4) is 0 Å². The first kappa shape index (κ1) is 12.7. The highest BCUT2D eigenvalue weighted by Crippen LogP contribution is 2.05. The molecule has 5 heteroatoms. The van der Waals surface area contributed by atoms with Gasteiger partial charge >= 0.3 is 0 Å². The largest absolute Gasteiger partial charge is 0.383 e. The quantitative estimate of drug-likeness (QED) is 0.504. The van der Waals surface area contributed by atoms with E-state index in [-0.39, 0.29) is 0 Å². The third kappa shape index (κ3) is 5.92. The first-order valence-corrected chi connectivity index (χ1v) is 5.97. The average Bonchev–Trinajstić information content (AvgIpc) is 2.71. The van der Waals surface area contributed by atoms with E-state index in [1.54, 1.807) is 7.11 Å². The number of nitrogens with one attached hydrogen (secondary N) is 2. The second kappa shape index (κ2) is 7.84. The molecule has 0 bridgehead atoms. The van der Waals surface area contributed by atoms with Crippen LogP contribution in [0.1, 0.15) is 12.8 Å². The normalized spacial score (nSPS) is 16.6. The predicted molar refractivity (Wildman–Crippen MR) is 66.2 cm³/mol. The predicted octanol–water partition coefficient (Wildman–Crippen LogP) is 0.193. The molecule has 0 saturated carbocycles. The fraction of sp³-hybridized carbons (Fsp3) is 0.900. The van der Waals surface area contributed by atoms with Crippen LogP contribution >= 0.6 is 12.2 Å². The van der Waals surface area contributed by atoms with Crippen molar-refractivity contribution in [3.05, 3.63) is 0 Å². The molecule has 0 unspecified atom stereocenters. The van der Waals surface area contributed by atoms with E-state index >= 15 is 0 Å². The monoisotopic (exact) mass is 231 g/mol. The van der Waals surface area contributed by atoms with Gasteiger partial charge in [0.25, 0.3) is 0 Å². The maximum atomic E-state index is 5.11. The molecule has 1 fully saturated rings. The standard InChI is InChI=1S/C10H21N3OS/c1-14-9-5-12-10(15)11-4-8-13-6-2-3-7-13/h2-9H2,1H3,(H2,11,12,15). The Morgan fingerprint density at radius 1 is 1.27 bits per heavy atom. The molecule has 0 spiro atoms. The van der Waals surface area contributed by atoms with E-state index in [1.165, 1.54) is 25.9 Å². The summed E-state index contributed by atoms with van der Waals surface area (Å²) in [7, 11) is 1.69. The zero-order valence-corrected chi connectivity index (χ0v) is 10.2. The van der Waals surface area contributed by atoms with E-state index < -0.39 is 0 Å². The van der Waals surface area contributed by atoms with Crippen LogP contribution in [0.15, 0.2) is 0 Å². The Balaban J connectivity index is 1.91. The Kier molecular flexibility index (Phi) is 6.63. The summed E-state index contributed by atoms with van der Waals surface area (Å²) >= 11 is 5.11. The van der Waals surface area contributed by atoms with Gasteiger partial charge in [-0.2, -0.15) is 0 Å². The molecule has 0 amide bonds. The van der Waals surface area contributed by atoms with Gasteiger partial charge in [0.05, 0.1) is 6.61 Å². The molecule has 0 aromatic heterocycles. The Hall–Kier alpha value is -0.390. The van der Waals surface area contributed by atoms with Crippen LogP contribution < -0.4 is 10.6 Å². The van der Waals surface area contributed by atoms with Gasteiger partial charge in [0.1, 0.15) is 0 Å². The van der Waals surface area contributed by atoms with Crippen LogP contribution in [-0.2, 0) is 4.74 Å². The number of nitrogens with zero attached hydrogens (tertiary/aromatic N) is 1. The number of methoxy groups -OCH3 is 1. The van der Waals surface area contributed by atoms with Gasteiger partial charge in [-0.05, 0) is 38.1 Å². The van der Waals surface area contributed by atoms with Crippen molar-refractivity contribution >= 4 is 17.3 Å². The Morgan fingerprint density at radius 2 is 1.93 bits per heavy atom. The van der Waals surface area contributed by atoms with Crippen molar-refractivity contribution in [2.24, 2.45) is 0 Å². The number of rotatable bonds is 6. The first-order valence-electron chi connectivity index (χ1n) is 5.56. The summed E-state index contributed by atoms with van der Waals surface area (Å²) in [6, 6.07) is 0. The number of hydrogen-bond acceptors (Lipinski definition) is 3. The molecule has 88 valence electrons. The third-order valence-electron chi connectivity index (χ3n) is 2.50. The van der Waals surface area contributed by atoms with E-state index in [4.69, 9.17) is 17.0 Å². The molecule has 0 aromatic carbocycles. The SMILES string of the molecule is COCCNC(=S)NCCN1CCCC1. The van der Waals surface area contributed by atoms with Crippen LogP contribution in [0.4, 0.5) is 0 Å². The van der Waals surface area contributed by atoms with Gasteiger partial charge in [-0.3, -0.25) is 0 Å². The summed E-state index contributed by atoms with van der Waals surface area (Å²) < 4.78 is 4.92. The molecule has 1 saturated heterocycles. The van der Waals surface area contributed by atoms with Crippen LogP contribution in [0.3, 0.4) is 0 Å². The molecule has 0 atom stereocenters. The van der Waals surface area contributed by atoms with Crippen molar-refractivity contribution in [3.63, 3.8) is 0 Å². The summed E-state index contributed by atoms with van der Waals surface area (Å²) in [5.41, 5.74) is 0. The van der Waals surface area contributed by atoms with Gasteiger partial charge in [-0.25, -0.2) is 0 Å². The van der Waals surface area contributed by atoms with Crippen molar-refractivity contribution in [1.82, 2.24) is 15.5 Å². The summed E-state index contributed by atoms with van der Waals surface area (Å²) in [5, 5.41) is 7.01. The molecule has 0 aliphatic carbocycles. The number of likely N-dealkylation sites (tertiary alicyclic amines) is 1. The molecule has 1 aliphatic rings. The minimum Gasteiger partial charge on any atom is -0.383 e. The number of hydrogen-bond donors (Lipinski definition) is 2. The van der Waals surface area contributed by atoms with Crippen molar-refractivity contribution in [1.29, 1.82) is 0 Å². The lowest BCUT2D eigenvalue weighted by molar-refractivity contribution is 0.204. The van der Waals surface area contributed by atoms with Crippen LogP contribution in [0.5, 0.6) is 0 Å². The fourth-order valence-electron chi connectivity index (χ4n) is 1.66. The molecule has 1 rings (SSSR count). The smallest absolute Gasteiger partial charge is 0.166 e. The molecule has 15 heavy (non-hydrogen) atoms. The fourth-order valence-corrected chi connectivity index (χ4v) is 1.87. The van der Waals surface area contributed by atoms with Crippen LogP contribution in [0.25, 0.3) is 0 Å². The Bertz CT molecular complexity index is 184. The second-order valence-corrected chi connectivity index (χ2v) is 4.13. The molecule has 0 radical (unpaired) electrons. The maximum Gasteiger partial charge on any atom is 0.166 e. The maximum absolute atomic E-state index is 5.11. The molecule has 1 aliphatic heterocycles. The molecule has 1 heterocycles. The van der Waals surface area contributed by atoms with Gasteiger partial charge in [0.15, 0.2) is 5.11 Å². The number of thiocarbonyl (C=S) groups is 1. The molecule has 2 N–H and O–H groups in total. The van der Waals surface area contributed by atoms with E-state index in [1.807, 2.05) is 0 Å². The lowest BCUT2D eigenvalue weighted by Crippen LogP contribution is -2.40. The summed E-state index contributed by atoms with van der Waals surface area (Å²) in [6.07, 6.45) is 2.69. The van der Waals surface area contributed by atoms with Crippen LogP contribution in [0, 0.1) is 0 Å².